The minimum atomic E-state index is -4.19. The van der Waals surface area contributed by atoms with Gasteiger partial charge in [-0.15, -0.1) is 0 Å². The molecule has 3 nitrogen and oxygen atoms in total. The lowest BCUT2D eigenvalue weighted by molar-refractivity contribution is 0.501. The third-order valence-corrected chi connectivity index (χ3v) is 0.816. The van der Waals surface area contributed by atoms with Gasteiger partial charge in [0.15, 0.2) is 0 Å². The zero-order valence-electron chi connectivity index (χ0n) is 6.33. The van der Waals surface area contributed by atoms with E-state index in [1.165, 1.54) is 6.42 Å². The summed E-state index contributed by atoms with van der Waals surface area (Å²) in [4.78, 5) is 0. The molecule has 0 aliphatic rings. The van der Waals surface area contributed by atoms with E-state index in [1.807, 2.05) is 0 Å². The third-order valence-electron chi connectivity index (χ3n) is 0.816. The highest BCUT2D eigenvalue weighted by molar-refractivity contribution is 8.09. The van der Waals surface area contributed by atoms with Gasteiger partial charge in [0.1, 0.15) is 0 Å². The fourth-order valence-electron chi connectivity index (χ4n) is 0. The van der Waals surface area contributed by atoms with Crippen molar-refractivity contribution in [2.24, 2.45) is 5.92 Å². The van der Waals surface area contributed by atoms with E-state index in [9.17, 15) is 0 Å². The van der Waals surface area contributed by atoms with Crippen LogP contribution in [-0.4, -0.2) is 13.0 Å². The van der Waals surface area contributed by atoms with Crippen LogP contribution in [0.25, 0.3) is 0 Å². The van der Waals surface area contributed by atoms with Crippen LogP contribution < -0.4 is 0 Å². The number of hydrogen-bond donors (Lipinski definition) is 1. The Kier molecular flexibility index (Phi) is 7.63. The molecule has 0 bridgehead atoms. The van der Waals surface area contributed by atoms with Crippen LogP contribution in [0.5, 0.6) is 0 Å². The second-order valence-electron chi connectivity index (χ2n) is 2.21. The molecular formula is C5H13ClO3S. The van der Waals surface area contributed by atoms with E-state index in [1.54, 1.807) is 0 Å². The molecular weight excluding hydrogens is 176 g/mol. The largest absolute Gasteiger partial charge is 0.353 e. The lowest BCUT2D eigenvalue weighted by atomic mass is 10.2. The Balaban J connectivity index is 0. The van der Waals surface area contributed by atoms with Crippen molar-refractivity contribution < 1.29 is 13.0 Å². The molecule has 0 saturated heterocycles. The highest BCUT2D eigenvalue weighted by Crippen LogP contribution is 1.93. The van der Waals surface area contributed by atoms with Crippen LogP contribution in [0, 0.1) is 5.92 Å². The van der Waals surface area contributed by atoms with Crippen molar-refractivity contribution in [1.82, 2.24) is 0 Å². The van der Waals surface area contributed by atoms with Crippen LogP contribution in [-0.2, 0) is 9.33 Å². The molecule has 0 aliphatic heterocycles. The van der Waals surface area contributed by atoms with E-state index in [4.69, 9.17) is 13.0 Å². The van der Waals surface area contributed by atoms with Gasteiger partial charge in [0, 0.05) is 10.7 Å². The Morgan fingerprint density at radius 2 is 1.60 bits per heavy atom. The Bertz CT molecular complexity index is 142. The van der Waals surface area contributed by atoms with Crippen molar-refractivity contribution in [1.29, 1.82) is 0 Å². The fourth-order valence-corrected chi connectivity index (χ4v) is 0. The molecule has 0 atom stereocenters. The smallest absolute Gasteiger partial charge is 0.273 e. The molecule has 0 fully saturated rings. The van der Waals surface area contributed by atoms with Crippen molar-refractivity contribution in [3.05, 3.63) is 0 Å². The van der Waals surface area contributed by atoms with E-state index in [0.29, 0.717) is 0 Å². The van der Waals surface area contributed by atoms with Gasteiger partial charge in [-0.1, -0.05) is 27.2 Å². The molecule has 0 unspecified atom stereocenters. The summed E-state index contributed by atoms with van der Waals surface area (Å²) in [6.07, 6.45) is 1.31. The maximum absolute atomic E-state index is 8.95. The molecule has 0 aromatic carbocycles. The monoisotopic (exact) mass is 188 g/mol. The summed E-state index contributed by atoms with van der Waals surface area (Å²) < 4.78 is 25.2. The first-order valence-electron chi connectivity index (χ1n) is 2.94. The first-order chi connectivity index (χ1) is 4.27. The summed E-state index contributed by atoms with van der Waals surface area (Å²) in [6, 6.07) is 0. The van der Waals surface area contributed by atoms with Crippen molar-refractivity contribution >= 4 is 20.0 Å². The van der Waals surface area contributed by atoms with Gasteiger partial charge in [0.05, 0.1) is 0 Å². The van der Waals surface area contributed by atoms with Crippen LogP contribution in [0.1, 0.15) is 27.2 Å². The Morgan fingerprint density at radius 3 is 1.60 bits per heavy atom. The van der Waals surface area contributed by atoms with Gasteiger partial charge in [-0.3, -0.25) is 4.55 Å². The maximum Gasteiger partial charge on any atom is 0.353 e. The lowest BCUT2D eigenvalue weighted by Gasteiger charge is -1.90. The first kappa shape index (κ1) is 12.8. The van der Waals surface area contributed by atoms with Gasteiger partial charge < -0.3 is 0 Å². The lowest BCUT2D eigenvalue weighted by Crippen LogP contribution is -1.77. The quantitative estimate of drug-likeness (QED) is 0.507. The highest BCUT2D eigenvalue weighted by atomic mass is 35.7. The summed E-state index contributed by atoms with van der Waals surface area (Å²) in [5.41, 5.74) is 0. The zero-order chi connectivity index (χ0) is 8.78. The van der Waals surface area contributed by atoms with Gasteiger partial charge in [0.2, 0.25) is 0 Å². The molecule has 0 radical (unpaired) electrons. The highest BCUT2D eigenvalue weighted by Gasteiger charge is 1.86. The van der Waals surface area contributed by atoms with Gasteiger partial charge in [0.25, 0.3) is 0 Å². The molecule has 0 saturated carbocycles. The summed E-state index contributed by atoms with van der Waals surface area (Å²) in [5, 5.41) is 0. The Labute approximate surface area is 66.6 Å². The van der Waals surface area contributed by atoms with E-state index >= 15 is 0 Å². The molecule has 0 aromatic rings. The molecule has 10 heavy (non-hydrogen) atoms. The molecule has 0 rings (SSSR count). The van der Waals surface area contributed by atoms with E-state index < -0.39 is 9.33 Å². The molecule has 0 amide bonds. The normalized spacial score (nSPS) is 10.6. The predicted octanol–water partition coefficient (Wildman–Crippen LogP) is 2.08. The third kappa shape index (κ3) is 87.8. The van der Waals surface area contributed by atoms with Crippen LogP contribution in [0.2, 0.25) is 0 Å². The van der Waals surface area contributed by atoms with Gasteiger partial charge >= 0.3 is 9.33 Å². The first-order valence-corrected chi connectivity index (χ1v) is 5.21. The van der Waals surface area contributed by atoms with E-state index in [2.05, 4.69) is 31.5 Å². The van der Waals surface area contributed by atoms with E-state index in [-0.39, 0.29) is 0 Å². The Hall–Kier alpha value is 0.200. The summed E-state index contributed by atoms with van der Waals surface area (Å²) >= 11 is 0. The topological polar surface area (TPSA) is 54.4 Å². The summed E-state index contributed by atoms with van der Waals surface area (Å²) in [5.74, 6) is 0.884. The summed E-state index contributed by atoms with van der Waals surface area (Å²) in [6.45, 7) is 6.64. The van der Waals surface area contributed by atoms with E-state index in [0.717, 1.165) is 5.92 Å². The molecule has 1 N–H and O–H groups in total. The maximum atomic E-state index is 8.95. The molecule has 64 valence electrons. The average molecular weight is 189 g/mol. The average Bonchev–Trinajstić information content (AvgIpc) is 1.61. The van der Waals surface area contributed by atoms with Crippen molar-refractivity contribution in [2.75, 3.05) is 0 Å². The minimum absolute atomic E-state index is 0.884. The molecule has 0 aliphatic carbocycles. The van der Waals surface area contributed by atoms with Gasteiger partial charge in [-0.05, 0) is 5.92 Å². The number of rotatable bonds is 1. The Morgan fingerprint density at radius 1 is 1.50 bits per heavy atom. The van der Waals surface area contributed by atoms with Crippen molar-refractivity contribution in [3.63, 3.8) is 0 Å². The van der Waals surface area contributed by atoms with Gasteiger partial charge in [-0.25, -0.2) is 0 Å². The van der Waals surface area contributed by atoms with Crippen LogP contribution in [0.15, 0.2) is 0 Å². The number of halogens is 1. The van der Waals surface area contributed by atoms with Crippen molar-refractivity contribution in [3.8, 4) is 0 Å². The fraction of sp³-hybridized carbons (Fsp3) is 1.00. The van der Waals surface area contributed by atoms with Crippen LogP contribution in [0.3, 0.4) is 0 Å². The second-order valence-corrected chi connectivity index (χ2v) is 4.21. The molecule has 0 heterocycles. The standard InChI is InChI=1S/C5H12.ClHO3S/c1-4-5(2)3;1-5(2,3)4/h5H,4H2,1-3H3;(H,2,3,4). The molecule has 5 heteroatoms. The molecule has 0 aromatic heterocycles. The molecule has 0 spiro atoms. The SMILES string of the molecule is CCC(C)C.O=S(=O)(O)Cl. The minimum Gasteiger partial charge on any atom is -0.273 e. The van der Waals surface area contributed by atoms with Crippen LogP contribution in [0.4, 0.5) is 0 Å². The number of hydrogen-bond acceptors (Lipinski definition) is 2. The second kappa shape index (κ2) is 5.95. The predicted molar refractivity (Wildman–Crippen MR) is 42.5 cm³/mol. The van der Waals surface area contributed by atoms with Gasteiger partial charge in [-0.2, -0.15) is 8.42 Å². The van der Waals surface area contributed by atoms with Crippen molar-refractivity contribution in [2.45, 2.75) is 27.2 Å². The van der Waals surface area contributed by atoms with Crippen LogP contribution >= 0.6 is 10.7 Å². The summed E-state index contributed by atoms with van der Waals surface area (Å²) in [7, 11) is -0.137. The zero-order valence-corrected chi connectivity index (χ0v) is 7.91.